The zero-order chi connectivity index (χ0) is 16.1. The summed E-state index contributed by atoms with van der Waals surface area (Å²) in [5.41, 5.74) is 1.83. The van der Waals surface area contributed by atoms with E-state index in [-0.39, 0.29) is 6.54 Å². The van der Waals surface area contributed by atoms with E-state index in [4.69, 9.17) is 0 Å². The molecule has 2 aromatic rings. The number of carbonyl (C=O) groups excluding carboxylic acids is 1. The van der Waals surface area contributed by atoms with E-state index in [1.54, 1.807) is 11.9 Å². The molecular formula is C17H18F2N2O. The van der Waals surface area contributed by atoms with Crippen molar-refractivity contribution in [3.05, 3.63) is 65.2 Å². The number of likely N-dealkylation sites (N-methyl/N-ethyl adjacent to an activating group) is 1. The molecule has 0 saturated carbocycles. The predicted molar refractivity (Wildman–Crippen MR) is 82.5 cm³/mol. The lowest BCUT2D eigenvalue weighted by molar-refractivity contribution is -0.117. The minimum Gasteiger partial charge on any atom is -0.320 e. The molecule has 0 unspecified atom stereocenters. The van der Waals surface area contributed by atoms with Gasteiger partial charge in [0.1, 0.15) is 17.3 Å². The van der Waals surface area contributed by atoms with E-state index in [0.717, 1.165) is 23.3 Å². The minimum atomic E-state index is -0.782. The van der Waals surface area contributed by atoms with E-state index in [0.29, 0.717) is 6.54 Å². The molecule has 2 rings (SSSR count). The smallest absolute Gasteiger partial charge is 0.238 e. The van der Waals surface area contributed by atoms with Crippen LogP contribution in [-0.2, 0) is 11.3 Å². The van der Waals surface area contributed by atoms with Crippen molar-refractivity contribution in [2.45, 2.75) is 13.5 Å². The summed E-state index contributed by atoms with van der Waals surface area (Å²) in [6.45, 7) is 2.62. The molecule has 0 atom stereocenters. The SMILES string of the molecule is Cc1ccccc1CN(C)CC(=O)Nc1c(F)cccc1F. The van der Waals surface area contributed by atoms with E-state index in [1.165, 1.54) is 6.07 Å². The molecule has 0 aromatic heterocycles. The normalized spacial score (nSPS) is 10.8. The van der Waals surface area contributed by atoms with Gasteiger partial charge in [0.25, 0.3) is 0 Å². The summed E-state index contributed by atoms with van der Waals surface area (Å²) in [7, 11) is 1.78. The molecule has 1 N–H and O–H groups in total. The lowest BCUT2D eigenvalue weighted by atomic mass is 10.1. The Morgan fingerprint density at radius 3 is 2.36 bits per heavy atom. The van der Waals surface area contributed by atoms with Crippen LogP contribution in [0.3, 0.4) is 0 Å². The molecule has 0 aliphatic heterocycles. The maximum atomic E-state index is 13.5. The number of nitrogens with one attached hydrogen (secondary N) is 1. The first-order valence-corrected chi connectivity index (χ1v) is 6.94. The van der Waals surface area contributed by atoms with E-state index < -0.39 is 23.2 Å². The van der Waals surface area contributed by atoms with Crippen LogP contribution < -0.4 is 5.32 Å². The Balaban J connectivity index is 1.96. The van der Waals surface area contributed by atoms with Gasteiger partial charge in [-0.15, -0.1) is 0 Å². The first-order chi connectivity index (χ1) is 10.5. The highest BCUT2D eigenvalue weighted by Gasteiger charge is 2.13. The summed E-state index contributed by atoms with van der Waals surface area (Å²) in [6, 6.07) is 11.3. The second-order valence-electron chi connectivity index (χ2n) is 5.24. The fourth-order valence-corrected chi connectivity index (χ4v) is 2.18. The number of hydrogen-bond acceptors (Lipinski definition) is 2. The van der Waals surface area contributed by atoms with E-state index in [1.807, 2.05) is 31.2 Å². The van der Waals surface area contributed by atoms with Crippen molar-refractivity contribution in [1.29, 1.82) is 0 Å². The minimum absolute atomic E-state index is 0.0438. The van der Waals surface area contributed by atoms with Gasteiger partial charge in [0.15, 0.2) is 0 Å². The first-order valence-electron chi connectivity index (χ1n) is 6.94. The number of amides is 1. The second kappa shape index (κ2) is 7.13. The zero-order valence-corrected chi connectivity index (χ0v) is 12.6. The van der Waals surface area contributed by atoms with Crippen LogP contribution in [0.25, 0.3) is 0 Å². The van der Waals surface area contributed by atoms with E-state index in [9.17, 15) is 13.6 Å². The predicted octanol–water partition coefficient (Wildman–Crippen LogP) is 3.34. The number of aryl methyl sites for hydroxylation is 1. The molecule has 2 aromatic carbocycles. The van der Waals surface area contributed by atoms with Crippen molar-refractivity contribution >= 4 is 11.6 Å². The highest BCUT2D eigenvalue weighted by atomic mass is 19.1. The fraction of sp³-hybridized carbons (Fsp3) is 0.235. The first kappa shape index (κ1) is 16.1. The van der Waals surface area contributed by atoms with Crippen LogP contribution in [-0.4, -0.2) is 24.4 Å². The molecule has 0 spiro atoms. The van der Waals surface area contributed by atoms with Crippen LogP contribution in [0.15, 0.2) is 42.5 Å². The zero-order valence-electron chi connectivity index (χ0n) is 12.6. The summed E-state index contributed by atoms with van der Waals surface area (Å²) < 4.78 is 27.0. The maximum Gasteiger partial charge on any atom is 0.238 e. The number of hydrogen-bond donors (Lipinski definition) is 1. The van der Waals surface area contributed by atoms with Gasteiger partial charge in [0, 0.05) is 6.54 Å². The number of halogens is 2. The largest absolute Gasteiger partial charge is 0.320 e. The molecule has 0 heterocycles. The van der Waals surface area contributed by atoms with E-state index >= 15 is 0 Å². The van der Waals surface area contributed by atoms with Gasteiger partial charge < -0.3 is 5.32 Å². The molecule has 0 bridgehead atoms. The third-order valence-electron chi connectivity index (χ3n) is 3.34. The lowest BCUT2D eigenvalue weighted by Crippen LogP contribution is -2.30. The highest BCUT2D eigenvalue weighted by molar-refractivity contribution is 5.92. The number of benzene rings is 2. The van der Waals surface area contributed by atoms with Crippen molar-refractivity contribution in [2.75, 3.05) is 18.9 Å². The highest BCUT2D eigenvalue weighted by Crippen LogP contribution is 2.18. The number of para-hydroxylation sites is 1. The molecule has 1 amide bonds. The topological polar surface area (TPSA) is 32.3 Å². The van der Waals surface area contributed by atoms with Gasteiger partial charge >= 0.3 is 0 Å². The third kappa shape index (κ3) is 4.11. The van der Waals surface area contributed by atoms with Gasteiger partial charge in [0.2, 0.25) is 5.91 Å². The van der Waals surface area contributed by atoms with Crippen LogP contribution >= 0.6 is 0 Å². The molecule has 0 fully saturated rings. The second-order valence-corrected chi connectivity index (χ2v) is 5.24. The Kier molecular flexibility index (Phi) is 5.22. The molecule has 0 saturated heterocycles. The Bertz CT molecular complexity index is 653. The van der Waals surface area contributed by atoms with Crippen molar-refractivity contribution in [3.63, 3.8) is 0 Å². The Morgan fingerprint density at radius 2 is 1.73 bits per heavy atom. The molecule has 5 heteroatoms. The van der Waals surface area contributed by atoms with Gasteiger partial charge in [-0.3, -0.25) is 9.69 Å². The lowest BCUT2D eigenvalue weighted by Gasteiger charge is -2.18. The van der Waals surface area contributed by atoms with Crippen molar-refractivity contribution in [1.82, 2.24) is 4.90 Å². The average Bonchev–Trinajstić information content (AvgIpc) is 2.45. The monoisotopic (exact) mass is 304 g/mol. The molecule has 0 aliphatic rings. The number of rotatable bonds is 5. The van der Waals surface area contributed by atoms with Crippen LogP contribution in [0.5, 0.6) is 0 Å². The van der Waals surface area contributed by atoms with Gasteiger partial charge in [-0.2, -0.15) is 0 Å². The summed E-state index contributed by atoms with van der Waals surface area (Å²) in [4.78, 5) is 13.7. The van der Waals surface area contributed by atoms with E-state index in [2.05, 4.69) is 5.32 Å². The maximum absolute atomic E-state index is 13.5. The Hall–Kier alpha value is -2.27. The summed E-state index contributed by atoms with van der Waals surface area (Å²) in [5.74, 6) is -2.02. The summed E-state index contributed by atoms with van der Waals surface area (Å²) in [6.07, 6.45) is 0. The fourth-order valence-electron chi connectivity index (χ4n) is 2.18. The molecule has 116 valence electrons. The van der Waals surface area contributed by atoms with Crippen molar-refractivity contribution in [3.8, 4) is 0 Å². The molecular weight excluding hydrogens is 286 g/mol. The third-order valence-corrected chi connectivity index (χ3v) is 3.34. The average molecular weight is 304 g/mol. The van der Waals surface area contributed by atoms with Gasteiger partial charge in [-0.25, -0.2) is 8.78 Å². The molecule has 0 radical (unpaired) electrons. The van der Waals surface area contributed by atoms with Crippen molar-refractivity contribution < 1.29 is 13.6 Å². The molecule has 22 heavy (non-hydrogen) atoms. The van der Waals surface area contributed by atoms with Crippen LogP contribution in [0.1, 0.15) is 11.1 Å². The number of carbonyl (C=O) groups is 1. The van der Waals surface area contributed by atoms with Gasteiger partial charge in [-0.1, -0.05) is 30.3 Å². The quantitative estimate of drug-likeness (QED) is 0.919. The Morgan fingerprint density at radius 1 is 1.09 bits per heavy atom. The van der Waals surface area contributed by atoms with Crippen LogP contribution in [0.2, 0.25) is 0 Å². The summed E-state index contributed by atoms with van der Waals surface area (Å²) >= 11 is 0. The Labute approximate surface area is 128 Å². The van der Waals surface area contributed by atoms with Gasteiger partial charge in [-0.05, 0) is 37.2 Å². The number of nitrogens with zero attached hydrogens (tertiary/aromatic N) is 1. The standard InChI is InChI=1S/C17H18F2N2O/c1-12-6-3-4-7-13(12)10-21(2)11-16(22)20-17-14(18)8-5-9-15(17)19/h3-9H,10-11H2,1-2H3,(H,20,22). The molecule has 0 aliphatic carbocycles. The summed E-state index contributed by atoms with van der Waals surface area (Å²) in [5, 5.41) is 2.28. The van der Waals surface area contributed by atoms with Gasteiger partial charge in [0.05, 0.1) is 6.54 Å². The van der Waals surface area contributed by atoms with Crippen LogP contribution in [0.4, 0.5) is 14.5 Å². The number of anilines is 1. The van der Waals surface area contributed by atoms with Crippen molar-refractivity contribution in [2.24, 2.45) is 0 Å². The molecule has 3 nitrogen and oxygen atoms in total. The van der Waals surface area contributed by atoms with Crippen LogP contribution in [0, 0.1) is 18.6 Å².